The van der Waals surface area contributed by atoms with Gasteiger partial charge in [0.1, 0.15) is 0 Å². The van der Waals surface area contributed by atoms with Crippen molar-refractivity contribution in [2.24, 2.45) is 11.8 Å². The van der Waals surface area contributed by atoms with Crippen molar-refractivity contribution in [2.45, 2.75) is 25.8 Å². The number of fused-ring (bicyclic) bond motifs is 1. The van der Waals surface area contributed by atoms with Crippen molar-refractivity contribution in [2.75, 3.05) is 45.8 Å². The van der Waals surface area contributed by atoms with E-state index in [9.17, 15) is 0 Å². The highest BCUT2D eigenvalue weighted by molar-refractivity contribution is 4.89. The summed E-state index contributed by atoms with van der Waals surface area (Å²) in [6.45, 7) is 11.5. The summed E-state index contributed by atoms with van der Waals surface area (Å²) in [5.74, 6) is 1.77. The van der Waals surface area contributed by atoms with Crippen LogP contribution in [0.15, 0.2) is 0 Å². The third kappa shape index (κ3) is 2.13. The van der Waals surface area contributed by atoms with Crippen LogP contribution in [0.2, 0.25) is 0 Å². The van der Waals surface area contributed by atoms with E-state index in [1.165, 1.54) is 58.7 Å². The molecule has 3 nitrogen and oxygen atoms in total. The molecule has 3 fully saturated rings. The number of nitrogens with one attached hydrogen (secondary N) is 1. The van der Waals surface area contributed by atoms with Gasteiger partial charge in [-0.15, -0.1) is 0 Å². The second kappa shape index (κ2) is 4.63. The maximum absolute atomic E-state index is 3.52. The van der Waals surface area contributed by atoms with E-state index in [1.807, 2.05) is 0 Å². The fraction of sp³-hybridized carbons (Fsp3) is 1.00. The molecule has 0 aromatic rings. The molecule has 0 radical (unpaired) electrons. The Balaban J connectivity index is 1.52. The molecule has 0 aliphatic carbocycles. The van der Waals surface area contributed by atoms with Crippen molar-refractivity contribution >= 4 is 0 Å². The lowest BCUT2D eigenvalue weighted by Gasteiger charge is -2.39. The van der Waals surface area contributed by atoms with E-state index in [-0.39, 0.29) is 0 Å². The second-order valence-corrected chi connectivity index (χ2v) is 5.99. The highest BCUT2D eigenvalue weighted by Crippen LogP contribution is 2.24. The SMILES string of the molecule is C[C@@H]1CNC[C@H]1CN1CCN2CCCC2C1. The number of rotatable bonds is 2. The highest BCUT2D eigenvalue weighted by Gasteiger charge is 2.32. The maximum atomic E-state index is 3.52. The van der Waals surface area contributed by atoms with Gasteiger partial charge in [0, 0.05) is 32.2 Å². The Kier molecular flexibility index (Phi) is 3.18. The summed E-state index contributed by atoms with van der Waals surface area (Å²) in [6.07, 6.45) is 2.87. The normalized spacial score (nSPS) is 41.4. The summed E-state index contributed by atoms with van der Waals surface area (Å²) in [5, 5.41) is 3.52. The van der Waals surface area contributed by atoms with Crippen molar-refractivity contribution in [3.05, 3.63) is 0 Å². The predicted molar refractivity (Wildman–Crippen MR) is 66.6 cm³/mol. The molecule has 0 aromatic carbocycles. The van der Waals surface area contributed by atoms with Gasteiger partial charge in [-0.05, 0) is 44.3 Å². The van der Waals surface area contributed by atoms with Crippen LogP contribution in [0.25, 0.3) is 0 Å². The fourth-order valence-electron chi connectivity index (χ4n) is 3.66. The van der Waals surface area contributed by atoms with Gasteiger partial charge >= 0.3 is 0 Å². The van der Waals surface area contributed by atoms with Crippen LogP contribution >= 0.6 is 0 Å². The van der Waals surface area contributed by atoms with Crippen molar-refractivity contribution < 1.29 is 0 Å². The average molecular weight is 223 g/mol. The quantitative estimate of drug-likeness (QED) is 0.740. The zero-order valence-electron chi connectivity index (χ0n) is 10.5. The first-order chi connectivity index (χ1) is 7.83. The molecule has 92 valence electrons. The first-order valence-corrected chi connectivity index (χ1v) is 7.00. The van der Waals surface area contributed by atoms with Gasteiger partial charge < -0.3 is 10.2 Å². The Morgan fingerprint density at radius 2 is 2.12 bits per heavy atom. The molecule has 3 saturated heterocycles. The Bertz CT molecular complexity index is 243. The van der Waals surface area contributed by atoms with Crippen LogP contribution in [-0.2, 0) is 0 Å². The second-order valence-electron chi connectivity index (χ2n) is 5.99. The van der Waals surface area contributed by atoms with Gasteiger partial charge in [0.25, 0.3) is 0 Å². The molecule has 3 heteroatoms. The third-order valence-electron chi connectivity index (χ3n) is 4.84. The van der Waals surface area contributed by atoms with Gasteiger partial charge in [0.05, 0.1) is 0 Å². The Hall–Kier alpha value is -0.120. The molecule has 3 aliphatic heterocycles. The first kappa shape index (κ1) is 11.0. The summed E-state index contributed by atoms with van der Waals surface area (Å²) in [6, 6.07) is 0.887. The minimum Gasteiger partial charge on any atom is -0.316 e. The van der Waals surface area contributed by atoms with E-state index in [4.69, 9.17) is 0 Å². The number of hydrogen-bond acceptors (Lipinski definition) is 3. The molecule has 1 unspecified atom stereocenters. The molecular weight excluding hydrogens is 198 g/mol. The molecule has 0 spiro atoms. The minimum atomic E-state index is 0.876. The molecule has 0 saturated carbocycles. The van der Waals surface area contributed by atoms with E-state index < -0.39 is 0 Å². The number of nitrogens with zero attached hydrogens (tertiary/aromatic N) is 2. The van der Waals surface area contributed by atoms with Crippen molar-refractivity contribution in [3.63, 3.8) is 0 Å². The Morgan fingerprint density at radius 1 is 1.19 bits per heavy atom. The zero-order valence-corrected chi connectivity index (χ0v) is 10.5. The molecule has 16 heavy (non-hydrogen) atoms. The minimum absolute atomic E-state index is 0.876. The van der Waals surface area contributed by atoms with E-state index in [2.05, 4.69) is 22.0 Å². The van der Waals surface area contributed by atoms with Crippen LogP contribution in [0.1, 0.15) is 19.8 Å². The topological polar surface area (TPSA) is 18.5 Å². The number of hydrogen-bond donors (Lipinski definition) is 1. The van der Waals surface area contributed by atoms with Gasteiger partial charge in [0.2, 0.25) is 0 Å². The number of piperazine rings is 1. The van der Waals surface area contributed by atoms with E-state index in [0.717, 1.165) is 17.9 Å². The van der Waals surface area contributed by atoms with Gasteiger partial charge in [-0.3, -0.25) is 4.90 Å². The fourth-order valence-corrected chi connectivity index (χ4v) is 3.66. The molecule has 3 aliphatic rings. The predicted octanol–water partition coefficient (Wildman–Crippen LogP) is 0.622. The highest BCUT2D eigenvalue weighted by atomic mass is 15.3. The lowest BCUT2D eigenvalue weighted by atomic mass is 9.97. The van der Waals surface area contributed by atoms with Crippen LogP contribution in [0, 0.1) is 11.8 Å². The van der Waals surface area contributed by atoms with Crippen LogP contribution in [-0.4, -0.2) is 61.7 Å². The standard InChI is InChI=1S/C13H25N3/c1-11-7-14-8-12(11)9-15-5-6-16-4-2-3-13(16)10-15/h11-14H,2-10H2,1H3/t11-,12+,13?/m1/s1. The van der Waals surface area contributed by atoms with Crippen molar-refractivity contribution in [1.29, 1.82) is 0 Å². The van der Waals surface area contributed by atoms with Gasteiger partial charge in [-0.25, -0.2) is 0 Å². The van der Waals surface area contributed by atoms with Gasteiger partial charge in [-0.2, -0.15) is 0 Å². The summed E-state index contributed by atoms with van der Waals surface area (Å²) in [5.41, 5.74) is 0. The molecular formula is C13H25N3. The lowest BCUT2D eigenvalue weighted by Crippen LogP contribution is -2.51. The summed E-state index contributed by atoms with van der Waals surface area (Å²) < 4.78 is 0. The van der Waals surface area contributed by atoms with E-state index in [0.29, 0.717) is 0 Å². The largest absolute Gasteiger partial charge is 0.316 e. The smallest absolute Gasteiger partial charge is 0.0224 e. The van der Waals surface area contributed by atoms with E-state index in [1.54, 1.807) is 0 Å². The van der Waals surface area contributed by atoms with Crippen LogP contribution in [0.5, 0.6) is 0 Å². The maximum Gasteiger partial charge on any atom is 0.0224 e. The summed E-state index contributed by atoms with van der Waals surface area (Å²) >= 11 is 0. The molecule has 0 aromatic heterocycles. The molecule has 3 rings (SSSR count). The van der Waals surface area contributed by atoms with Gasteiger partial charge in [-0.1, -0.05) is 6.92 Å². The molecule has 0 bridgehead atoms. The summed E-state index contributed by atoms with van der Waals surface area (Å²) in [7, 11) is 0. The Labute approximate surface area is 99.2 Å². The van der Waals surface area contributed by atoms with Crippen LogP contribution < -0.4 is 5.32 Å². The van der Waals surface area contributed by atoms with Crippen LogP contribution in [0.3, 0.4) is 0 Å². The van der Waals surface area contributed by atoms with Crippen LogP contribution in [0.4, 0.5) is 0 Å². The molecule has 3 atom stereocenters. The van der Waals surface area contributed by atoms with E-state index >= 15 is 0 Å². The summed E-state index contributed by atoms with van der Waals surface area (Å²) in [4.78, 5) is 5.42. The van der Waals surface area contributed by atoms with Crippen molar-refractivity contribution in [1.82, 2.24) is 15.1 Å². The Morgan fingerprint density at radius 3 is 2.94 bits per heavy atom. The first-order valence-electron chi connectivity index (χ1n) is 7.00. The third-order valence-corrected chi connectivity index (χ3v) is 4.84. The van der Waals surface area contributed by atoms with Crippen molar-refractivity contribution in [3.8, 4) is 0 Å². The lowest BCUT2D eigenvalue weighted by molar-refractivity contribution is 0.0892. The monoisotopic (exact) mass is 223 g/mol. The molecule has 1 N–H and O–H groups in total. The molecule has 3 heterocycles. The van der Waals surface area contributed by atoms with Gasteiger partial charge in [0.15, 0.2) is 0 Å². The molecule has 0 amide bonds. The zero-order chi connectivity index (χ0) is 11.0. The average Bonchev–Trinajstić information content (AvgIpc) is 2.88.